The predicted octanol–water partition coefficient (Wildman–Crippen LogP) is 5.50. The minimum Gasteiger partial charge on any atom is -0.382 e. The van der Waals surface area contributed by atoms with Crippen LogP contribution < -0.4 is 0 Å². The largest absolute Gasteiger partial charge is 0.382 e. The molecule has 2 heterocycles. The van der Waals surface area contributed by atoms with Crippen LogP contribution in [0.1, 0.15) is 18.9 Å². The first-order valence-corrected chi connectivity index (χ1v) is 9.81. The average molecular weight is 371 g/mol. The molecule has 142 valence electrons. The lowest BCUT2D eigenvalue weighted by atomic mass is 9.98. The van der Waals surface area contributed by atoms with Gasteiger partial charge in [0.1, 0.15) is 0 Å². The molecule has 4 aromatic rings. The maximum absolute atomic E-state index is 5.47. The van der Waals surface area contributed by atoms with E-state index in [9.17, 15) is 0 Å². The molecule has 0 fully saturated rings. The molecular weight excluding hydrogens is 346 g/mol. The third-order valence-corrected chi connectivity index (χ3v) is 4.92. The summed E-state index contributed by atoms with van der Waals surface area (Å²) in [6, 6.07) is 19.1. The summed E-state index contributed by atoms with van der Waals surface area (Å²) >= 11 is 0. The molecule has 0 atom stereocenters. The minimum atomic E-state index is 0.761. The van der Waals surface area contributed by atoms with Gasteiger partial charge >= 0.3 is 0 Å². The Morgan fingerprint density at radius 1 is 0.964 bits per heavy atom. The number of ether oxygens (including phenoxy) is 1. The van der Waals surface area contributed by atoms with E-state index in [0.29, 0.717) is 0 Å². The van der Waals surface area contributed by atoms with E-state index in [-0.39, 0.29) is 0 Å². The molecule has 0 saturated carbocycles. The molecule has 4 rings (SSSR count). The Kier molecular flexibility index (Phi) is 5.49. The standard InChI is InChI=1S/C24H25N3O/c1-3-28-14-6-13-27-17-26-22-11-10-19(16-23(22)27)21-9-5-12-25-24(21)20-8-4-7-18(2)15-20/h4-5,7-12,15-17H,3,6,13-14H2,1-2H3. The summed E-state index contributed by atoms with van der Waals surface area (Å²) in [4.78, 5) is 9.24. The first-order chi connectivity index (χ1) is 13.8. The number of aryl methyl sites for hydroxylation is 2. The highest BCUT2D eigenvalue weighted by Gasteiger charge is 2.11. The van der Waals surface area contributed by atoms with E-state index in [1.807, 2.05) is 25.5 Å². The predicted molar refractivity (Wildman–Crippen MR) is 114 cm³/mol. The van der Waals surface area contributed by atoms with Crippen LogP contribution in [0.2, 0.25) is 0 Å². The zero-order valence-corrected chi connectivity index (χ0v) is 16.4. The molecule has 0 amide bonds. The molecule has 0 bridgehead atoms. The third-order valence-electron chi connectivity index (χ3n) is 4.92. The summed E-state index contributed by atoms with van der Waals surface area (Å²) in [5.41, 5.74) is 7.83. The molecule has 2 aromatic heterocycles. The molecule has 0 aliphatic carbocycles. The molecule has 0 aliphatic rings. The lowest BCUT2D eigenvalue weighted by molar-refractivity contribution is 0.142. The summed E-state index contributed by atoms with van der Waals surface area (Å²) in [6.45, 7) is 6.57. The van der Waals surface area contributed by atoms with Crippen molar-refractivity contribution in [1.82, 2.24) is 14.5 Å². The Balaban J connectivity index is 1.72. The van der Waals surface area contributed by atoms with Gasteiger partial charge in [-0.2, -0.15) is 0 Å². The van der Waals surface area contributed by atoms with Crippen molar-refractivity contribution in [3.8, 4) is 22.4 Å². The summed E-state index contributed by atoms with van der Waals surface area (Å²) in [5.74, 6) is 0. The van der Waals surface area contributed by atoms with E-state index in [1.165, 1.54) is 5.56 Å². The number of rotatable bonds is 7. The number of fused-ring (bicyclic) bond motifs is 1. The van der Waals surface area contributed by atoms with Crippen LogP contribution in [0.25, 0.3) is 33.4 Å². The second-order valence-electron chi connectivity index (χ2n) is 6.96. The van der Waals surface area contributed by atoms with Gasteiger partial charge in [-0.1, -0.05) is 35.9 Å². The molecule has 0 aliphatic heterocycles. The molecule has 28 heavy (non-hydrogen) atoms. The highest BCUT2D eigenvalue weighted by atomic mass is 16.5. The Morgan fingerprint density at radius 3 is 2.75 bits per heavy atom. The van der Waals surface area contributed by atoms with Gasteiger partial charge in [-0.05, 0) is 50.1 Å². The smallest absolute Gasteiger partial charge is 0.0958 e. The number of nitrogens with zero attached hydrogens (tertiary/aromatic N) is 3. The SMILES string of the molecule is CCOCCCn1cnc2ccc(-c3cccnc3-c3cccc(C)c3)cc21. The van der Waals surface area contributed by atoms with Crippen LogP contribution in [-0.2, 0) is 11.3 Å². The lowest BCUT2D eigenvalue weighted by Gasteiger charge is -2.11. The van der Waals surface area contributed by atoms with Crippen LogP contribution in [0.15, 0.2) is 67.1 Å². The van der Waals surface area contributed by atoms with Gasteiger partial charge in [-0.15, -0.1) is 0 Å². The van der Waals surface area contributed by atoms with Crippen LogP contribution in [0, 0.1) is 6.92 Å². The lowest BCUT2D eigenvalue weighted by Crippen LogP contribution is -2.01. The molecule has 0 unspecified atom stereocenters. The van der Waals surface area contributed by atoms with Gasteiger partial charge in [0.25, 0.3) is 0 Å². The fourth-order valence-corrected chi connectivity index (χ4v) is 3.54. The Bertz CT molecular complexity index is 1080. The van der Waals surface area contributed by atoms with Gasteiger partial charge in [-0.25, -0.2) is 4.98 Å². The van der Waals surface area contributed by atoms with E-state index in [0.717, 1.165) is 59.6 Å². The van der Waals surface area contributed by atoms with Crippen LogP contribution in [0.4, 0.5) is 0 Å². The molecule has 0 saturated heterocycles. The zero-order valence-electron chi connectivity index (χ0n) is 16.4. The number of pyridine rings is 1. The Hall–Kier alpha value is -2.98. The number of imidazole rings is 1. The second-order valence-corrected chi connectivity index (χ2v) is 6.96. The number of hydrogen-bond donors (Lipinski definition) is 0. The number of aromatic nitrogens is 3. The van der Waals surface area contributed by atoms with E-state index >= 15 is 0 Å². The van der Waals surface area contributed by atoms with Crippen LogP contribution in [0.3, 0.4) is 0 Å². The van der Waals surface area contributed by atoms with Crippen LogP contribution in [-0.4, -0.2) is 27.7 Å². The first kappa shape index (κ1) is 18.4. The highest BCUT2D eigenvalue weighted by molar-refractivity contribution is 5.87. The van der Waals surface area contributed by atoms with E-state index in [1.54, 1.807) is 0 Å². The van der Waals surface area contributed by atoms with Crippen molar-refractivity contribution in [3.05, 3.63) is 72.7 Å². The monoisotopic (exact) mass is 371 g/mol. The fourth-order valence-electron chi connectivity index (χ4n) is 3.54. The fraction of sp³-hybridized carbons (Fsp3) is 0.250. The summed E-state index contributed by atoms with van der Waals surface area (Å²) < 4.78 is 7.68. The Labute approximate surface area is 165 Å². The number of benzene rings is 2. The molecular formula is C24H25N3O. The van der Waals surface area contributed by atoms with Crippen molar-refractivity contribution >= 4 is 11.0 Å². The van der Waals surface area contributed by atoms with Gasteiger partial charge in [0.05, 0.1) is 23.1 Å². The van der Waals surface area contributed by atoms with Crippen LogP contribution >= 0.6 is 0 Å². The topological polar surface area (TPSA) is 39.9 Å². The maximum Gasteiger partial charge on any atom is 0.0958 e. The molecule has 2 aromatic carbocycles. The minimum absolute atomic E-state index is 0.761. The normalized spacial score (nSPS) is 11.2. The summed E-state index contributed by atoms with van der Waals surface area (Å²) in [7, 11) is 0. The van der Waals surface area contributed by atoms with Gasteiger partial charge in [0.2, 0.25) is 0 Å². The van der Waals surface area contributed by atoms with E-state index in [4.69, 9.17) is 4.74 Å². The quantitative estimate of drug-likeness (QED) is 0.403. The van der Waals surface area contributed by atoms with Crippen molar-refractivity contribution in [2.45, 2.75) is 26.8 Å². The van der Waals surface area contributed by atoms with Crippen molar-refractivity contribution in [1.29, 1.82) is 0 Å². The summed E-state index contributed by atoms with van der Waals surface area (Å²) in [5, 5.41) is 0. The molecule has 4 heteroatoms. The van der Waals surface area contributed by atoms with E-state index in [2.05, 4.69) is 70.0 Å². The van der Waals surface area contributed by atoms with Gasteiger partial charge in [0, 0.05) is 37.1 Å². The van der Waals surface area contributed by atoms with Crippen molar-refractivity contribution < 1.29 is 4.74 Å². The molecule has 0 radical (unpaired) electrons. The highest BCUT2D eigenvalue weighted by Crippen LogP contribution is 2.32. The number of hydrogen-bond acceptors (Lipinski definition) is 3. The molecule has 0 N–H and O–H groups in total. The van der Waals surface area contributed by atoms with Crippen molar-refractivity contribution in [2.75, 3.05) is 13.2 Å². The van der Waals surface area contributed by atoms with Gasteiger partial charge < -0.3 is 9.30 Å². The van der Waals surface area contributed by atoms with Gasteiger partial charge in [-0.3, -0.25) is 4.98 Å². The first-order valence-electron chi connectivity index (χ1n) is 9.81. The third kappa shape index (κ3) is 3.82. The zero-order chi connectivity index (χ0) is 19.3. The average Bonchev–Trinajstić information content (AvgIpc) is 3.13. The maximum atomic E-state index is 5.47. The Morgan fingerprint density at radius 2 is 1.89 bits per heavy atom. The second kappa shape index (κ2) is 8.36. The van der Waals surface area contributed by atoms with Crippen LogP contribution in [0.5, 0.6) is 0 Å². The van der Waals surface area contributed by atoms with Gasteiger partial charge in [0.15, 0.2) is 0 Å². The summed E-state index contributed by atoms with van der Waals surface area (Å²) in [6.07, 6.45) is 4.76. The van der Waals surface area contributed by atoms with E-state index < -0.39 is 0 Å². The molecule has 4 nitrogen and oxygen atoms in total. The van der Waals surface area contributed by atoms with Crippen molar-refractivity contribution in [3.63, 3.8) is 0 Å². The molecule has 0 spiro atoms. The van der Waals surface area contributed by atoms with Crippen molar-refractivity contribution in [2.24, 2.45) is 0 Å².